The van der Waals surface area contributed by atoms with Crippen molar-refractivity contribution < 1.29 is 9.21 Å². The van der Waals surface area contributed by atoms with E-state index < -0.39 is 0 Å². The highest BCUT2D eigenvalue weighted by molar-refractivity contribution is 6.30. The molecule has 4 nitrogen and oxygen atoms in total. The summed E-state index contributed by atoms with van der Waals surface area (Å²) in [6, 6.07) is 25.6. The Morgan fingerprint density at radius 1 is 0.969 bits per heavy atom. The van der Waals surface area contributed by atoms with Gasteiger partial charge in [0.2, 0.25) is 0 Å². The Morgan fingerprint density at radius 2 is 1.75 bits per heavy atom. The van der Waals surface area contributed by atoms with E-state index in [0.29, 0.717) is 29.0 Å². The second kappa shape index (κ2) is 9.19. The van der Waals surface area contributed by atoms with Crippen LogP contribution in [0, 0.1) is 11.8 Å². The van der Waals surface area contributed by atoms with Crippen LogP contribution < -0.4 is 10.2 Å². The number of carbonyl (C=O) groups is 1. The molecule has 1 N–H and O–H groups in total. The molecule has 0 radical (unpaired) electrons. The van der Waals surface area contributed by atoms with E-state index in [-0.39, 0.29) is 5.91 Å². The van der Waals surface area contributed by atoms with E-state index in [0.717, 1.165) is 36.2 Å². The third-order valence-electron chi connectivity index (χ3n) is 6.32. The van der Waals surface area contributed by atoms with Gasteiger partial charge in [-0.1, -0.05) is 41.9 Å². The van der Waals surface area contributed by atoms with Crippen LogP contribution in [0.1, 0.15) is 15.9 Å². The predicted molar refractivity (Wildman–Crippen MR) is 129 cm³/mol. The van der Waals surface area contributed by atoms with Crippen molar-refractivity contribution in [3.05, 3.63) is 101 Å². The highest BCUT2D eigenvalue weighted by Gasteiger charge is 2.31. The lowest BCUT2D eigenvalue weighted by molar-refractivity contribution is 0.0981. The summed E-state index contributed by atoms with van der Waals surface area (Å²) in [7, 11) is 0. The van der Waals surface area contributed by atoms with E-state index in [1.807, 2.05) is 59.5 Å². The normalized spacial score (nSPS) is 18.2. The standard InChI is InChI=1S/C27H25ClN2O2/c28-24-7-9-25(10-8-24)30(27(31)21-6-11-26-20(15-21)12-13-32-26)18-23-17-29-16-22(23)14-19-4-2-1-3-5-19/h1-13,15,22-23,29H,14,16-18H2/t22-,23+/m0/s1. The number of nitrogens with zero attached hydrogens (tertiary/aromatic N) is 1. The molecular formula is C27H25ClN2O2. The van der Waals surface area contributed by atoms with Crippen molar-refractivity contribution in [3.63, 3.8) is 0 Å². The van der Waals surface area contributed by atoms with Gasteiger partial charge in [-0.2, -0.15) is 0 Å². The van der Waals surface area contributed by atoms with Crippen molar-refractivity contribution in [2.45, 2.75) is 6.42 Å². The molecule has 1 fully saturated rings. The molecule has 2 atom stereocenters. The number of fused-ring (bicyclic) bond motifs is 1. The molecule has 0 bridgehead atoms. The van der Waals surface area contributed by atoms with Crippen molar-refractivity contribution in [1.82, 2.24) is 5.32 Å². The van der Waals surface area contributed by atoms with Crippen LogP contribution in [0.3, 0.4) is 0 Å². The van der Waals surface area contributed by atoms with Gasteiger partial charge in [0, 0.05) is 28.2 Å². The summed E-state index contributed by atoms with van der Waals surface area (Å²) in [5, 5.41) is 5.12. The first-order valence-corrected chi connectivity index (χ1v) is 11.3. The van der Waals surface area contributed by atoms with Crippen molar-refractivity contribution in [3.8, 4) is 0 Å². The fraction of sp³-hybridized carbons (Fsp3) is 0.222. The summed E-state index contributed by atoms with van der Waals surface area (Å²) in [6.45, 7) is 2.51. The Labute approximate surface area is 192 Å². The van der Waals surface area contributed by atoms with Crippen molar-refractivity contribution in [2.75, 3.05) is 24.5 Å². The summed E-state index contributed by atoms with van der Waals surface area (Å²) < 4.78 is 5.44. The monoisotopic (exact) mass is 444 g/mol. The van der Waals surface area contributed by atoms with E-state index in [1.165, 1.54) is 5.56 Å². The van der Waals surface area contributed by atoms with E-state index in [1.54, 1.807) is 6.26 Å². The molecule has 3 aromatic carbocycles. The molecule has 2 heterocycles. The lowest BCUT2D eigenvalue weighted by Crippen LogP contribution is -2.38. The molecule has 0 unspecified atom stereocenters. The van der Waals surface area contributed by atoms with E-state index in [4.69, 9.17) is 16.0 Å². The lowest BCUT2D eigenvalue weighted by atomic mass is 9.89. The molecule has 1 aromatic heterocycles. The Morgan fingerprint density at radius 3 is 2.56 bits per heavy atom. The Hall–Kier alpha value is -3.08. The Kier molecular flexibility index (Phi) is 5.97. The molecule has 162 valence electrons. The number of furan rings is 1. The average Bonchev–Trinajstić information content (AvgIpc) is 3.47. The Balaban J connectivity index is 1.43. The van der Waals surface area contributed by atoms with E-state index in [2.05, 4.69) is 29.6 Å². The molecule has 1 saturated heterocycles. The van der Waals surface area contributed by atoms with Crippen LogP contribution >= 0.6 is 11.6 Å². The summed E-state index contributed by atoms with van der Waals surface area (Å²) in [5.41, 5.74) is 3.62. The number of rotatable bonds is 6. The second-order valence-electron chi connectivity index (χ2n) is 8.43. The first kappa shape index (κ1) is 20.8. The average molecular weight is 445 g/mol. The summed E-state index contributed by atoms with van der Waals surface area (Å²) in [6.07, 6.45) is 2.65. The SMILES string of the molecule is O=C(c1ccc2occc2c1)N(C[C@H]1CNC[C@@H]1Cc1ccccc1)c1ccc(Cl)cc1. The summed E-state index contributed by atoms with van der Waals surface area (Å²) in [5.74, 6) is 0.810. The van der Waals surface area contributed by atoms with E-state index in [9.17, 15) is 4.79 Å². The fourth-order valence-corrected chi connectivity index (χ4v) is 4.70. The quantitative estimate of drug-likeness (QED) is 0.408. The van der Waals surface area contributed by atoms with E-state index >= 15 is 0 Å². The maximum atomic E-state index is 13.7. The Bertz CT molecular complexity index is 1200. The number of benzene rings is 3. The third-order valence-corrected chi connectivity index (χ3v) is 6.57. The molecule has 0 saturated carbocycles. The smallest absolute Gasteiger partial charge is 0.258 e. The summed E-state index contributed by atoms with van der Waals surface area (Å²) >= 11 is 6.13. The first-order chi connectivity index (χ1) is 15.7. The van der Waals surface area contributed by atoms with Gasteiger partial charge in [0.05, 0.1) is 6.26 Å². The number of hydrogen-bond donors (Lipinski definition) is 1. The van der Waals surface area contributed by atoms with Crippen LogP contribution in [0.15, 0.2) is 89.5 Å². The molecule has 4 aromatic rings. The van der Waals surface area contributed by atoms with Gasteiger partial charge in [0.25, 0.3) is 5.91 Å². The van der Waals surface area contributed by atoms with Crippen LogP contribution in [0.4, 0.5) is 5.69 Å². The van der Waals surface area contributed by atoms with Gasteiger partial charge in [-0.25, -0.2) is 0 Å². The highest BCUT2D eigenvalue weighted by atomic mass is 35.5. The van der Waals surface area contributed by atoms with Crippen LogP contribution in [0.2, 0.25) is 5.02 Å². The number of hydrogen-bond acceptors (Lipinski definition) is 3. The fourth-order valence-electron chi connectivity index (χ4n) is 4.57. The number of anilines is 1. The van der Waals surface area contributed by atoms with Gasteiger partial charge >= 0.3 is 0 Å². The summed E-state index contributed by atoms with van der Waals surface area (Å²) in [4.78, 5) is 15.6. The zero-order valence-electron chi connectivity index (χ0n) is 17.7. The highest BCUT2D eigenvalue weighted by Crippen LogP contribution is 2.28. The number of halogens is 1. The topological polar surface area (TPSA) is 45.5 Å². The molecular weight excluding hydrogens is 420 g/mol. The first-order valence-electron chi connectivity index (χ1n) is 11.0. The number of nitrogens with one attached hydrogen (secondary N) is 1. The third kappa shape index (κ3) is 4.43. The van der Waals surface area contributed by atoms with Crippen molar-refractivity contribution >= 4 is 34.2 Å². The minimum atomic E-state index is -0.0132. The van der Waals surface area contributed by atoms with Gasteiger partial charge in [0.1, 0.15) is 5.58 Å². The number of carbonyl (C=O) groups excluding carboxylic acids is 1. The molecule has 32 heavy (non-hydrogen) atoms. The maximum Gasteiger partial charge on any atom is 0.258 e. The van der Waals surface area contributed by atoms with Crippen LogP contribution in [0.25, 0.3) is 11.0 Å². The largest absolute Gasteiger partial charge is 0.464 e. The molecule has 1 aliphatic rings. The van der Waals surface area contributed by atoms with Crippen molar-refractivity contribution in [2.24, 2.45) is 11.8 Å². The van der Waals surface area contributed by atoms with Crippen LogP contribution in [0.5, 0.6) is 0 Å². The van der Waals surface area contributed by atoms with Gasteiger partial charge in [-0.15, -0.1) is 0 Å². The zero-order chi connectivity index (χ0) is 21.9. The van der Waals surface area contributed by atoms with Crippen LogP contribution in [-0.2, 0) is 6.42 Å². The molecule has 5 rings (SSSR count). The minimum absolute atomic E-state index is 0.0132. The van der Waals surface area contributed by atoms with Crippen molar-refractivity contribution in [1.29, 1.82) is 0 Å². The molecule has 0 spiro atoms. The zero-order valence-corrected chi connectivity index (χ0v) is 18.5. The molecule has 5 heteroatoms. The van der Waals surface area contributed by atoms with Gasteiger partial charge in [-0.05, 0) is 85.4 Å². The number of amides is 1. The van der Waals surface area contributed by atoms with Gasteiger partial charge < -0.3 is 14.6 Å². The predicted octanol–water partition coefficient (Wildman–Crippen LogP) is 5.81. The molecule has 0 aliphatic carbocycles. The molecule has 1 amide bonds. The lowest BCUT2D eigenvalue weighted by Gasteiger charge is -2.29. The van der Waals surface area contributed by atoms with Gasteiger partial charge in [-0.3, -0.25) is 4.79 Å². The minimum Gasteiger partial charge on any atom is -0.464 e. The molecule has 1 aliphatic heterocycles. The van der Waals surface area contributed by atoms with Gasteiger partial charge in [0.15, 0.2) is 0 Å². The maximum absolute atomic E-state index is 13.7. The second-order valence-corrected chi connectivity index (χ2v) is 8.87. The van der Waals surface area contributed by atoms with Crippen LogP contribution in [-0.4, -0.2) is 25.5 Å².